The van der Waals surface area contributed by atoms with Crippen LogP contribution in [0.25, 0.3) is 0 Å². The van der Waals surface area contributed by atoms with Crippen molar-refractivity contribution in [2.45, 2.75) is 32.9 Å². The molecule has 0 radical (unpaired) electrons. The molecule has 0 aliphatic carbocycles. The zero-order valence-electron chi connectivity index (χ0n) is 11.6. The Morgan fingerprint density at radius 1 is 1.47 bits per heavy atom. The average molecular weight is 266 g/mol. The number of hydrogen-bond donors (Lipinski definition) is 3. The third-order valence-electron chi connectivity index (χ3n) is 2.86. The Labute approximate surface area is 113 Å². The minimum absolute atomic E-state index is 0.169. The molecule has 4 N–H and O–H groups in total. The van der Waals surface area contributed by atoms with Gasteiger partial charge in [0.2, 0.25) is 5.91 Å². The molecule has 0 spiro atoms. The molecule has 0 saturated heterocycles. The van der Waals surface area contributed by atoms with E-state index in [0.29, 0.717) is 0 Å². The van der Waals surface area contributed by atoms with Gasteiger partial charge in [0.25, 0.3) is 0 Å². The first kappa shape index (κ1) is 15.5. The first-order chi connectivity index (χ1) is 8.90. The highest BCUT2D eigenvalue weighted by molar-refractivity contribution is 5.79. The highest BCUT2D eigenvalue weighted by atomic mass is 16.5. The van der Waals surface area contributed by atoms with E-state index < -0.39 is 18.1 Å². The van der Waals surface area contributed by atoms with Crippen LogP contribution in [0.15, 0.2) is 18.2 Å². The second kappa shape index (κ2) is 7.11. The van der Waals surface area contributed by atoms with Gasteiger partial charge in [-0.2, -0.15) is 0 Å². The third-order valence-corrected chi connectivity index (χ3v) is 2.86. The zero-order chi connectivity index (χ0) is 14.4. The van der Waals surface area contributed by atoms with Crippen LogP contribution in [0.3, 0.4) is 0 Å². The summed E-state index contributed by atoms with van der Waals surface area (Å²) in [7, 11) is 0. The lowest BCUT2D eigenvalue weighted by atomic mass is 10.1. The van der Waals surface area contributed by atoms with Crippen LogP contribution in [0, 0.1) is 13.8 Å². The quantitative estimate of drug-likeness (QED) is 0.671. The van der Waals surface area contributed by atoms with Crippen LogP contribution in [0.2, 0.25) is 0 Å². The normalized spacial score (nSPS) is 13.9. The van der Waals surface area contributed by atoms with Crippen molar-refractivity contribution >= 4 is 5.91 Å². The molecular weight excluding hydrogens is 244 g/mol. The number of benzene rings is 1. The first-order valence-electron chi connectivity index (χ1n) is 6.31. The third kappa shape index (κ3) is 5.28. The fraction of sp³-hybridized carbons (Fsp3) is 0.500. The summed E-state index contributed by atoms with van der Waals surface area (Å²) in [6, 6.07) is 5.45. The minimum atomic E-state index is -0.693. The summed E-state index contributed by atoms with van der Waals surface area (Å²) in [6.07, 6.45) is -0.693. The van der Waals surface area contributed by atoms with Crippen molar-refractivity contribution in [2.24, 2.45) is 5.73 Å². The van der Waals surface area contributed by atoms with Crippen molar-refractivity contribution < 1.29 is 14.6 Å². The van der Waals surface area contributed by atoms with Gasteiger partial charge in [-0.1, -0.05) is 12.1 Å². The Hall–Kier alpha value is -1.59. The van der Waals surface area contributed by atoms with Crippen LogP contribution in [0.1, 0.15) is 18.1 Å². The molecule has 1 aromatic rings. The Morgan fingerprint density at radius 2 is 2.16 bits per heavy atom. The zero-order valence-corrected chi connectivity index (χ0v) is 11.6. The van der Waals surface area contributed by atoms with Gasteiger partial charge < -0.3 is 20.9 Å². The van der Waals surface area contributed by atoms with Gasteiger partial charge in [-0.05, 0) is 38.0 Å². The summed E-state index contributed by atoms with van der Waals surface area (Å²) >= 11 is 0. The Balaban J connectivity index is 2.39. The van der Waals surface area contributed by atoms with Gasteiger partial charge in [-0.25, -0.2) is 0 Å². The number of ether oxygens (including phenoxy) is 1. The van der Waals surface area contributed by atoms with Gasteiger partial charge >= 0.3 is 0 Å². The largest absolute Gasteiger partial charge is 0.491 e. The van der Waals surface area contributed by atoms with E-state index in [0.717, 1.165) is 16.9 Å². The molecule has 0 bridgehead atoms. The number of amides is 1. The lowest BCUT2D eigenvalue weighted by Gasteiger charge is -2.16. The molecule has 0 saturated carbocycles. The molecule has 0 aliphatic rings. The molecule has 0 heterocycles. The number of primary amides is 1. The van der Waals surface area contributed by atoms with E-state index in [1.165, 1.54) is 0 Å². The van der Waals surface area contributed by atoms with E-state index >= 15 is 0 Å². The average Bonchev–Trinajstić information content (AvgIpc) is 2.36. The van der Waals surface area contributed by atoms with Crippen molar-refractivity contribution in [3.8, 4) is 5.75 Å². The van der Waals surface area contributed by atoms with Crippen molar-refractivity contribution in [3.05, 3.63) is 29.3 Å². The summed E-state index contributed by atoms with van der Waals surface area (Å²) in [5, 5.41) is 12.6. The molecule has 2 atom stereocenters. The van der Waals surface area contributed by atoms with E-state index in [9.17, 15) is 9.90 Å². The van der Waals surface area contributed by atoms with Crippen LogP contribution in [-0.2, 0) is 4.79 Å². The second-order valence-corrected chi connectivity index (χ2v) is 4.77. The molecule has 0 fully saturated rings. The Bertz CT molecular complexity index is 435. The van der Waals surface area contributed by atoms with Gasteiger partial charge in [0.15, 0.2) is 0 Å². The van der Waals surface area contributed by atoms with E-state index in [2.05, 4.69) is 5.32 Å². The van der Waals surface area contributed by atoms with E-state index in [1.807, 2.05) is 32.0 Å². The van der Waals surface area contributed by atoms with Gasteiger partial charge in [0.05, 0.1) is 6.04 Å². The maximum Gasteiger partial charge on any atom is 0.234 e. The number of nitrogens with one attached hydrogen (secondary N) is 1. The molecule has 2 unspecified atom stereocenters. The van der Waals surface area contributed by atoms with E-state index in [-0.39, 0.29) is 13.2 Å². The van der Waals surface area contributed by atoms with Crippen molar-refractivity contribution in [2.75, 3.05) is 13.2 Å². The topological polar surface area (TPSA) is 84.6 Å². The number of aliphatic hydroxyl groups is 1. The van der Waals surface area contributed by atoms with Crippen molar-refractivity contribution in [3.63, 3.8) is 0 Å². The standard InChI is InChI=1S/C14H22N2O3/c1-9-4-5-10(2)13(6-9)19-8-12(17)7-16-11(3)14(15)18/h4-6,11-12,16-17H,7-8H2,1-3H3,(H2,15,18). The molecule has 5 nitrogen and oxygen atoms in total. The number of carbonyl (C=O) groups excluding carboxylic acids is 1. The van der Waals surface area contributed by atoms with E-state index in [1.54, 1.807) is 6.92 Å². The maximum absolute atomic E-state index is 10.8. The highest BCUT2D eigenvalue weighted by Crippen LogP contribution is 2.19. The number of nitrogens with two attached hydrogens (primary N) is 1. The lowest BCUT2D eigenvalue weighted by Crippen LogP contribution is -2.43. The number of aryl methyl sites for hydroxylation is 2. The van der Waals surface area contributed by atoms with Crippen LogP contribution in [0.4, 0.5) is 0 Å². The molecule has 0 aliphatic heterocycles. The van der Waals surface area contributed by atoms with E-state index in [4.69, 9.17) is 10.5 Å². The predicted octanol–water partition coefficient (Wildman–Crippen LogP) is 0.507. The molecule has 5 heteroatoms. The molecule has 1 rings (SSSR count). The Kier molecular flexibility index (Phi) is 5.79. The van der Waals surface area contributed by atoms with Crippen LogP contribution in [-0.4, -0.2) is 36.3 Å². The molecule has 1 amide bonds. The minimum Gasteiger partial charge on any atom is -0.491 e. The Morgan fingerprint density at radius 3 is 2.79 bits per heavy atom. The van der Waals surface area contributed by atoms with Gasteiger partial charge in [0, 0.05) is 6.54 Å². The fourth-order valence-electron chi connectivity index (χ4n) is 1.52. The summed E-state index contributed by atoms with van der Waals surface area (Å²) in [4.78, 5) is 10.8. The maximum atomic E-state index is 10.8. The molecule has 19 heavy (non-hydrogen) atoms. The first-order valence-corrected chi connectivity index (χ1v) is 6.31. The smallest absolute Gasteiger partial charge is 0.234 e. The predicted molar refractivity (Wildman–Crippen MR) is 74.1 cm³/mol. The summed E-state index contributed by atoms with van der Waals surface area (Å²) in [6.45, 7) is 6.02. The van der Waals surface area contributed by atoms with Crippen LogP contribution < -0.4 is 15.8 Å². The fourth-order valence-corrected chi connectivity index (χ4v) is 1.52. The monoisotopic (exact) mass is 266 g/mol. The molecule has 0 aromatic heterocycles. The highest BCUT2D eigenvalue weighted by Gasteiger charge is 2.11. The van der Waals surface area contributed by atoms with Gasteiger partial charge in [0.1, 0.15) is 18.5 Å². The van der Waals surface area contributed by atoms with Gasteiger partial charge in [-0.15, -0.1) is 0 Å². The van der Waals surface area contributed by atoms with Crippen molar-refractivity contribution in [1.29, 1.82) is 0 Å². The van der Waals surface area contributed by atoms with Crippen molar-refractivity contribution in [1.82, 2.24) is 5.32 Å². The molecule has 106 valence electrons. The number of aliphatic hydroxyl groups excluding tert-OH is 1. The van der Waals surface area contributed by atoms with Gasteiger partial charge in [-0.3, -0.25) is 4.79 Å². The summed E-state index contributed by atoms with van der Waals surface area (Å²) in [5.41, 5.74) is 7.24. The molecular formula is C14H22N2O3. The van der Waals surface area contributed by atoms with Crippen LogP contribution >= 0.6 is 0 Å². The lowest BCUT2D eigenvalue weighted by molar-refractivity contribution is -0.119. The number of hydrogen-bond acceptors (Lipinski definition) is 4. The number of carbonyl (C=O) groups is 1. The molecule has 1 aromatic carbocycles. The SMILES string of the molecule is Cc1ccc(C)c(OCC(O)CNC(C)C(N)=O)c1. The summed E-state index contributed by atoms with van der Waals surface area (Å²) < 4.78 is 5.57. The second-order valence-electron chi connectivity index (χ2n) is 4.77. The summed E-state index contributed by atoms with van der Waals surface area (Å²) in [5.74, 6) is 0.324. The number of rotatable bonds is 7. The van der Waals surface area contributed by atoms with Crippen LogP contribution in [0.5, 0.6) is 5.75 Å².